The van der Waals surface area contributed by atoms with Crippen molar-refractivity contribution in [3.8, 4) is 11.5 Å². The zero-order valence-electron chi connectivity index (χ0n) is 17.0. The smallest absolute Gasteiger partial charge is 0.262 e. The number of halogens is 2. The van der Waals surface area contributed by atoms with Crippen molar-refractivity contribution in [2.75, 3.05) is 23.8 Å². The number of rotatable bonds is 7. The van der Waals surface area contributed by atoms with Crippen LogP contribution in [0.25, 0.3) is 0 Å². The van der Waals surface area contributed by atoms with Crippen molar-refractivity contribution in [2.45, 2.75) is 19.4 Å². The number of hydrogen-bond donors (Lipinski definition) is 2. The second kappa shape index (κ2) is 9.46. The molecular weight excluding hydrogens is 457 g/mol. The molecule has 1 aromatic heterocycles. The lowest BCUT2D eigenvalue weighted by atomic mass is 10.0. The van der Waals surface area contributed by atoms with Gasteiger partial charge < -0.3 is 14.8 Å². The minimum Gasteiger partial charge on any atom is -0.490 e. The zero-order chi connectivity index (χ0) is 22.7. The molecule has 0 saturated heterocycles. The summed E-state index contributed by atoms with van der Waals surface area (Å²) in [5, 5.41) is 10.4. The summed E-state index contributed by atoms with van der Waals surface area (Å²) in [7, 11) is 0. The number of hydrogen-bond acceptors (Lipinski definition) is 6. The first-order valence-corrected chi connectivity index (χ1v) is 10.5. The predicted octanol–water partition coefficient (Wildman–Crippen LogP) is 3.93. The minimum absolute atomic E-state index is 0.147. The fourth-order valence-corrected chi connectivity index (χ4v) is 3.76. The summed E-state index contributed by atoms with van der Waals surface area (Å²) in [6.45, 7) is 1.98. The van der Waals surface area contributed by atoms with Crippen LogP contribution in [-0.2, 0) is 9.59 Å². The molecule has 2 N–H and O–H groups in total. The number of carbonyl (C=O) groups excluding carboxylic acids is 2. The third-order valence-electron chi connectivity index (χ3n) is 4.71. The number of carbonyl (C=O) groups is 2. The molecule has 0 radical (unpaired) electrons. The van der Waals surface area contributed by atoms with Crippen molar-refractivity contribution in [2.24, 2.45) is 0 Å². The van der Waals surface area contributed by atoms with Crippen LogP contribution in [0, 0.1) is 0 Å². The van der Waals surface area contributed by atoms with E-state index in [1.54, 1.807) is 35.0 Å². The molecule has 2 amide bonds. The van der Waals surface area contributed by atoms with Crippen LogP contribution < -0.4 is 20.1 Å². The van der Waals surface area contributed by atoms with Crippen molar-refractivity contribution in [1.82, 2.24) is 14.8 Å². The van der Waals surface area contributed by atoms with Gasteiger partial charge in [0.15, 0.2) is 18.1 Å². The summed E-state index contributed by atoms with van der Waals surface area (Å²) in [6.07, 6.45) is 1.60. The highest BCUT2D eigenvalue weighted by Crippen LogP contribution is 2.35. The van der Waals surface area contributed by atoms with E-state index >= 15 is 0 Å². The second-order valence-electron chi connectivity index (χ2n) is 6.90. The summed E-state index contributed by atoms with van der Waals surface area (Å²) >= 11 is 12.0. The summed E-state index contributed by atoms with van der Waals surface area (Å²) in [5.41, 5.74) is 1.24. The molecule has 0 bridgehead atoms. The molecule has 0 saturated carbocycles. The molecule has 4 rings (SSSR count). The van der Waals surface area contributed by atoms with E-state index in [4.69, 9.17) is 32.7 Å². The molecule has 32 heavy (non-hydrogen) atoms. The van der Waals surface area contributed by atoms with Gasteiger partial charge in [0.1, 0.15) is 6.33 Å². The van der Waals surface area contributed by atoms with Gasteiger partial charge in [-0.25, -0.2) is 4.68 Å². The molecular formula is C21H19Cl2N5O4. The van der Waals surface area contributed by atoms with Gasteiger partial charge in [-0.05, 0) is 42.8 Å². The van der Waals surface area contributed by atoms with Crippen LogP contribution in [-0.4, -0.2) is 39.8 Å². The molecule has 1 atom stereocenters. The normalized spacial score (nSPS) is 15.0. The molecule has 2 aromatic carbocycles. The van der Waals surface area contributed by atoms with E-state index in [2.05, 4.69) is 20.7 Å². The second-order valence-corrected chi connectivity index (χ2v) is 7.74. The van der Waals surface area contributed by atoms with Gasteiger partial charge in [0.05, 0.1) is 29.8 Å². The molecule has 166 valence electrons. The highest BCUT2D eigenvalue weighted by atomic mass is 35.5. The maximum absolute atomic E-state index is 12.3. The minimum atomic E-state index is -0.392. The van der Waals surface area contributed by atoms with Gasteiger partial charge in [-0.3, -0.25) is 14.9 Å². The number of aromatic nitrogens is 3. The Kier molecular flexibility index (Phi) is 6.48. The Hall–Kier alpha value is -3.30. The van der Waals surface area contributed by atoms with E-state index in [1.807, 2.05) is 6.92 Å². The summed E-state index contributed by atoms with van der Waals surface area (Å²) < 4.78 is 13.0. The van der Waals surface area contributed by atoms with Gasteiger partial charge in [-0.15, -0.1) is 0 Å². The van der Waals surface area contributed by atoms with Crippen molar-refractivity contribution in [1.29, 1.82) is 0 Å². The van der Waals surface area contributed by atoms with Crippen molar-refractivity contribution < 1.29 is 19.1 Å². The molecule has 11 heteroatoms. The van der Waals surface area contributed by atoms with Crippen LogP contribution in [0.2, 0.25) is 10.0 Å². The zero-order valence-corrected chi connectivity index (χ0v) is 18.5. The number of fused-ring (bicyclic) bond motifs is 1. The van der Waals surface area contributed by atoms with Gasteiger partial charge in [0.2, 0.25) is 11.9 Å². The standard InChI is InChI=1S/C21H19Cl2N5O4/c1-2-31-18-7-12(16-9-19(29)27-21-24-11-25-28(16)21)3-6-17(18)32-10-20(30)26-15-5-4-13(22)8-14(15)23/h3-8,11,16H,2,9-10H2,1H3,(H,26,30)(H,24,25,27,29)/t16-/m1/s1. The van der Waals surface area contributed by atoms with Crippen molar-refractivity contribution in [3.05, 3.63) is 58.3 Å². The first-order valence-electron chi connectivity index (χ1n) is 9.78. The predicted molar refractivity (Wildman–Crippen MR) is 120 cm³/mol. The van der Waals surface area contributed by atoms with Crippen LogP contribution >= 0.6 is 23.2 Å². The molecule has 2 heterocycles. The Morgan fingerprint density at radius 1 is 1.22 bits per heavy atom. The Morgan fingerprint density at radius 3 is 2.84 bits per heavy atom. The number of anilines is 2. The maximum Gasteiger partial charge on any atom is 0.262 e. The lowest BCUT2D eigenvalue weighted by Crippen LogP contribution is -2.29. The maximum atomic E-state index is 12.3. The number of ether oxygens (including phenoxy) is 2. The quantitative estimate of drug-likeness (QED) is 0.535. The molecule has 0 fully saturated rings. The van der Waals surface area contributed by atoms with Crippen LogP contribution in [0.4, 0.5) is 11.6 Å². The van der Waals surface area contributed by atoms with Crippen LogP contribution in [0.1, 0.15) is 24.9 Å². The third-order valence-corrected chi connectivity index (χ3v) is 5.26. The lowest BCUT2D eigenvalue weighted by molar-refractivity contribution is -0.118. The SMILES string of the molecule is CCOc1cc([C@H]2CC(=O)Nc3ncnn32)ccc1OCC(=O)Nc1ccc(Cl)cc1Cl. The first-order chi connectivity index (χ1) is 15.4. The van der Waals surface area contributed by atoms with Gasteiger partial charge in [-0.2, -0.15) is 10.1 Å². The number of amides is 2. The van der Waals surface area contributed by atoms with E-state index in [1.165, 1.54) is 12.4 Å². The van der Waals surface area contributed by atoms with Crippen molar-refractivity contribution >= 4 is 46.7 Å². The molecule has 0 unspecified atom stereocenters. The van der Waals surface area contributed by atoms with Crippen LogP contribution in [0.15, 0.2) is 42.7 Å². The highest BCUT2D eigenvalue weighted by Gasteiger charge is 2.28. The Bertz CT molecular complexity index is 1170. The Morgan fingerprint density at radius 2 is 2.06 bits per heavy atom. The highest BCUT2D eigenvalue weighted by molar-refractivity contribution is 6.36. The number of benzene rings is 2. The number of nitrogens with one attached hydrogen (secondary N) is 2. The Labute approximate surface area is 193 Å². The van der Waals surface area contributed by atoms with Crippen LogP contribution in [0.3, 0.4) is 0 Å². The summed E-state index contributed by atoms with van der Waals surface area (Å²) in [6, 6.07) is 9.74. The van der Waals surface area contributed by atoms with E-state index in [-0.39, 0.29) is 25.0 Å². The first kappa shape index (κ1) is 21.9. The van der Waals surface area contributed by atoms with E-state index in [0.717, 1.165) is 5.56 Å². The third kappa shape index (κ3) is 4.79. The van der Waals surface area contributed by atoms with E-state index < -0.39 is 5.91 Å². The molecule has 0 aliphatic carbocycles. The van der Waals surface area contributed by atoms with Crippen LogP contribution in [0.5, 0.6) is 11.5 Å². The average molecular weight is 476 g/mol. The van der Waals surface area contributed by atoms with E-state index in [0.29, 0.717) is 39.8 Å². The molecule has 9 nitrogen and oxygen atoms in total. The molecule has 1 aliphatic rings. The lowest BCUT2D eigenvalue weighted by Gasteiger charge is -2.24. The fourth-order valence-electron chi connectivity index (χ4n) is 3.30. The summed E-state index contributed by atoms with van der Waals surface area (Å²) in [5.74, 6) is 0.701. The topological polar surface area (TPSA) is 107 Å². The molecule has 0 spiro atoms. The van der Waals surface area contributed by atoms with E-state index in [9.17, 15) is 9.59 Å². The van der Waals surface area contributed by atoms with Gasteiger partial charge >= 0.3 is 0 Å². The van der Waals surface area contributed by atoms with Gasteiger partial charge in [0.25, 0.3) is 5.91 Å². The molecule has 3 aromatic rings. The average Bonchev–Trinajstić information content (AvgIpc) is 3.23. The van der Waals surface area contributed by atoms with Gasteiger partial charge in [-0.1, -0.05) is 29.3 Å². The largest absolute Gasteiger partial charge is 0.490 e. The monoisotopic (exact) mass is 475 g/mol. The van der Waals surface area contributed by atoms with Gasteiger partial charge in [0, 0.05) is 5.02 Å². The van der Waals surface area contributed by atoms with Crippen molar-refractivity contribution in [3.63, 3.8) is 0 Å². The summed E-state index contributed by atoms with van der Waals surface area (Å²) in [4.78, 5) is 28.4. The molecule has 1 aliphatic heterocycles. The Balaban J connectivity index is 1.49. The fraction of sp³-hybridized carbons (Fsp3) is 0.238. The number of nitrogens with zero attached hydrogens (tertiary/aromatic N) is 3.